The number of nitro groups is 1. The molecule has 1 aliphatic rings. The number of halogens is 1. The molecule has 0 saturated carbocycles. The molecule has 1 fully saturated rings. The first kappa shape index (κ1) is 14.7. The van der Waals surface area contributed by atoms with E-state index >= 15 is 0 Å². The van der Waals surface area contributed by atoms with Crippen LogP contribution in [-0.2, 0) is 11.3 Å². The van der Waals surface area contributed by atoms with E-state index in [2.05, 4.69) is 0 Å². The Bertz CT molecular complexity index is 527. The second kappa shape index (κ2) is 6.19. The van der Waals surface area contributed by atoms with Crippen LogP contribution in [0.1, 0.15) is 18.4 Å². The number of nitro benzene ring substituents is 1. The molecule has 1 saturated heterocycles. The Morgan fingerprint density at radius 1 is 1.45 bits per heavy atom. The van der Waals surface area contributed by atoms with Crippen molar-refractivity contribution in [3.8, 4) is 0 Å². The quantitative estimate of drug-likeness (QED) is 0.682. The minimum atomic E-state index is -0.770. The third-order valence-electron chi connectivity index (χ3n) is 3.61. The number of aliphatic carboxylic acids is 1. The lowest BCUT2D eigenvalue weighted by atomic mass is 9.96. The number of carboxylic acid groups (broad SMARTS) is 1. The molecule has 6 nitrogen and oxygen atoms in total. The fourth-order valence-electron chi connectivity index (χ4n) is 2.44. The van der Waals surface area contributed by atoms with E-state index in [1.807, 2.05) is 4.90 Å². The number of rotatable bonds is 4. The van der Waals surface area contributed by atoms with Gasteiger partial charge in [0.2, 0.25) is 0 Å². The maximum Gasteiger partial charge on any atom is 0.306 e. The summed E-state index contributed by atoms with van der Waals surface area (Å²) in [5.41, 5.74) is 0.505. The van der Waals surface area contributed by atoms with Gasteiger partial charge in [0.25, 0.3) is 5.69 Å². The van der Waals surface area contributed by atoms with Gasteiger partial charge < -0.3 is 5.11 Å². The van der Waals surface area contributed by atoms with Crippen LogP contribution in [0.3, 0.4) is 0 Å². The molecule has 1 aromatic carbocycles. The smallest absolute Gasteiger partial charge is 0.306 e. The lowest BCUT2D eigenvalue weighted by Crippen LogP contribution is -2.36. The molecule has 7 heteroatoms. The van der Waals surface area contributed by atoms with Crippen molar-refractivity contribution in [1.82, 2.24) is 4.90 Å². The first-order chi connectivity index (χ1) is 9.49. The number of hydrogen-bond donors (Lipinski definition) is 1. The number of benzene rings is 1. The summed E-state index contributed by atoms with van der Waals surface area (Å²) in [7, 11) is 0. The van der Waals surface area contributed by atoms with Crippen LogP contribution in [0.5, 0.6) is 0 Å². The molecule has 0 aromatic heterocycles. The molecule has 1 aromatic rings. The van der Waals surface area contributed by atoms with E-state index in [-0.39, 0.29) is 11.6 Å². The van der Waals surface area contributed by atoms with E-state index in [4.69, 9.17) is 16.7 Å². The van der Waals surface area contributed by atoms with Gasteiger partial charge in [0.15, 0.2) is 0 Å². The van der Waals surface area contributed by atoms with Crippen LogP contribution in [0.2, 0.25) is 5.02 Å². The van der Waals surface area contributed by atoms with Crippen LogP contribution >= 0.6 is 11.6 Å². The second-order valence-electron chi connectivity index (χ2n) is 4.88. The van der Waals surface area contributed by atoms with Gasteiger partial charge in [-0.2, -0.15) is 0 Å². The zero-order valence-electron chi connectivity index (χ0n) is 10.8. The van der Waals surface area contributed by atoms with Gasteiger partial charge >= 0.3 is 5.97 Å². The predicted molar refractivity (Wildman–Crippen MR) is 73.7 cm³/mol. The monoisotopic (exact) mass is 298 g/mol. The molecule has 1 N–H and O–H groups in total. The summed E-state index contributed by atoms with van der Waals surface area (Å²) in [6.07, 6.45) is 1.13. The Morgan fingerprint density at radius 3 is 2.65 bits per heavy atom. The zero-order valence-corrected chi connectivity index (χ0v) is 11.5. The van der Waals surface area contributed by atoms with Crippen molar-refractivity contribution >= 4 is 23.3 Å². The van der Waals surface area contributed by atoms with Crippen molar-refractivity contribution in [3.63, 3.8) is 0 Å². The largest absolute Gasteiger partial charge is 0.481 e. The predicted octanol–water partition coefficient (Wildman–Crippen LogP) is 2.54. The number of likely N-dealkylation sites (tertiary alicyclic amines) is 1. The van der Waals surface area contributed by atoms with E-state index in [0.717, 1.165) is 0 Å². The Morgan fingerprint density at radius 2 is 2.10 bits per heavy atom. The molecule has 0 atom stereocenters. The van der Waals surface area contributed by atoms with Crippen molar-refractivity contribution in [3.05, 3.63) is 38.9 Å². The summed E-state index contributed by atoms with van der Waals surface area (Å²) >= 11 is 6.05. The molecule has 0 unspecified atom stereocenters. The van der Waals surface area contributed by atoms with Crippen molar-refractivity contribution in [2.75, 3.05) is 13.1 Å². The van der Waals surface area contributed by atoms with Crippen LogP contribution in [0.4, 0.5) is 5.69 Å². The zero-order chi connectivity index (χ0) is 14.7. The molecule has 1 aliphatic heterocycles. The number of nitrogens with zero attached hydrogens (tertiary/aromatic N) is 2. The maximum absolute atomic E-state index is 11.0. The molecule has 108 valence electrons. The van der Waals surface area contributed by atoms with Crippen molar-refractivity contribution in [2.45, 2.75) is 19.4 Å². The highest BCUT2D eigenvalue weighted by Crippen LogP contribution is 2.29. The second-order valence-corrected chi connectivity index (χ2v) is 5.29. The van der Waals surface area contributed by atoms with Gasteiger partial charge in [0, 0.05) is 12.6 Å². The summed E-state index contributed by atoms with van der Waals surface area (Å²) in [6, 6.07) is 4.62. The molecule has 0 aliphatic carbocycles. The molecule has 1 heterocycles. The standard InChI is InChI=1S/C13H15ClN2O4/c14-11-2-1-3-12(16(19)20)10(11)8-15-6-4-9(5-7-15)13(17)18/h1-3,9H,4-8H2,(H,17,18). The van der Waals surface area contributed by atoms with E-state index in [0.29, 0.717) is 43.1 Å². The summed E-state index contributed by atoms with van der Waals surface area (Å²) in [5, 5.41) is 20.3. The lowest BCUT2D eigenvalue weighted by Gasteiger charge is -2.30. The third kappa shape index (κ3) is 3.26. The number of carbonyl (C=O) groups is 1. The summed E-state index contributed by atoms with van der Waals surface area (Å²) in [4.78, 5) is 23.5. The van der Waals surface area contributed by atoms with Gasteiger partial charge in [0.1, 0.15) is 0 Å². The third-order valence-corrected chi connectivity index (χ3v) is 3.96. The fourth-order valence-corrected chi connectivity index (χ4v) is 2.67. The highest BCUT2D eigenvalue weighted by Gasteiger charge is 2.26. The number of piperidine rings is 1. The maximum atomic E-state index is 11.0. The minimum absolute atomic E-state index is 0.0119. The minimum Gasteiger partial charge on any atom is -0.481 e. The Kier molecular flexibility index (Phi) is 4.57. The van der Waals surface area contributed by atoms with E-state index in [1.54, 1.807) is 12.1 Å². The van der Waals surface area contributed by atoms with Crippen molar-refractivity contribution in [1.29, 1.82) is 0 Å². The van der Waals surface area contributed by atoms with Gasteiger partial charge in [-0.3, -0.25) is 19.8 Å². The van der Waals surface area contributed by atoms with Crippen LogP contribution < -0.4 is 0 Å². The lowest BCUT2D eigenvalue weighted by molar-refractivity contribution is -0.385. The molecule has 0 bridgehead atoms. The van der Waals surface area contributed by atoms with E-state index < -0.39 is 10.9 Å². The fraction of sp³-hybridized carbons (Fsp3) is 0.462. The Hall–Kier alpha value is -1.66. The molecule has 0 spiro atoms. The molecule has 0 amide bonds. The average molecular weight is 299 g/mol. The van der Waals surface area contributed by atoms with Crippen LogP contribution in [0.25, 0.3) is 0 Å². The van der Waals surface area contributed by atoms with Gasteiger partial charge in [-0.1, -0.05) is 17.7 Å². The number of carboxylic acids is 1. The summed E-state index contributed by atoms with van der Waals surface area (Å²) < 4.78 is 0. The van der Waals surface area contributed by atoms with Crippen LogP contribution in [0.15, 0.2) is 18.2 Å². The van der Waals surface area contributed by atoms with Crippen LogP contribution in [0, 0.1) is 16.0 Å². The Labute approximate surface area is 121 Å². The first-order valence-electron chi connectivity index (χ1n) is 6.36. The van der Waals surface area contributed by atoms with Gasteiger partial charge in [0.05, 0.1) is 21.4 Å². The SMILES string of the molecule is O=C(O)C1CCN(Cc2c(Cl)cccc2[N+](=O)[O-])CC1. The molecule has 2 rings (SSSR count). The molecule has 20 heavy (non-hydrogen) atoms. The average Bonchev–Trinajstić information content (AvgIpc) is 2.41. The topological polar surface area (TPSA) is 83.7 Å². The van der Waals surface area contributed by atoms with Gasteiger partial charge in [-0.25, -0.2) is 0 Å². The van der Waals surface area contributed by atoms with Crippen LogP contribution in [-0.4, -0.2) is 34.0 Å². The molecular formula is C13H15ClN2O4. The molecular weight excluding hydrogens is 284 g/mol. The number of hydrogen-bond acceptors (Lipinski definition) is 4. The Balaban J connectivity index is 2.08. The highest BCUT2D eigenvalue weighted by atomic mass is 35.5. The van der Waals surface area contributed by atoms with Gasteiger partial charge in [-0.05, 0) is 32.0 Å². The van der Waals surface area contributed by atoms with E-state index in [1.165, 1.54) is 6.07 Å². The van der Waals surface area contributed by atoms with E-state index in [9.17, 15) is 14.9 Å². The molecule has 0 radical (unpaired) electrons. The van der Waals surface area contributed by atoms with Crippen molar-refractivity contribution < 1.29 is 14.8 Å². The summed E-state index contributed by atoms with van der Waals surface area (Å²) in [6.45, 7) is 1.60. The first-order valence-corrected chi connectivity index (χ1v) is 6.73. The highest BCUT2D eigenvalue weighted by molar-refractivity contribution is 6.31. The summed E-state index contributed by atoms with van der Waals surface area (Å²) in [5.74, 6) is -1.08. The normalized spacial score (nSPS) is 17.1. The van der Waals surface area contributed by atoms with Gasteiger partial charge in [-0.15, -0.1) is 0 Å². The van der Waals surface area contributed by atoms with Crippen molar-refractivity contribution in [2.24, 2.45) is 5.92 Å².